The van der Waals surface area contributed by atoms with Gasteiger partial charge in [0.2, 0.25) is 5.91 Å². The molecule has 142 valence electrons. The number of nitrogens with one attached hydrogen (secondary N) is 1. The highest BCUT2D eigenvalue weighted by molar-refractivity contribution is 5.93. The van der Waals surface area contributed by atoms with Crippen LogP contribution in [0.3, 0.4) is 0 Å². The molecule has 0 aliphatic heterocycles. The molecule has 3 aromatic rings. The minimum Gasteiger partial charge on any atom is -0.454 e. The molecule has 3 N–H and O–H groups in total. The highest BCUT2D eigenvalue weighted by Gasteiger charge is 2.33. The van der Waals surface area contributed by atoms with Crippen LogP contribution in [0.25, 0.3) is 0 Å². The number of amides is 1. The van der Waals surface area contributed by atoms with Gasteiger partial charge in [0, 0.05) is 29.4 Å². The number of aromatic nitrogens is 3. The molecule has 7 heteroatoms. The first-order valence-corrected chi connectivity index (χ1v) is 9.55. The molecule has 1 aromatic carbocycles. The summed E-state index contributed by atoms with van der Waals surface area (Å²) >= 11 is 0. The maximum Gasteiger partial charge on any atom is 0.248 e. The molecule has 0 spiro atoms. The van der Waals surface area contributed by atoms with Gasteiger partial charge in [-0.15, -0.1) is 0 Å². The molecule has 2 aromatic heterocycles. The van der Waals surface area contributed by atoms with Crippen molar-refractivity contribution in [2.75, 3.05) is 5.32 Å². The Bertz CT molecular complexity index is 1020. The molecule has 2 saturated carbocycles. The van der Waals surface area contributed by atoms with Crippen LogP contribution in [-0.4, -0.2) is 20.7 Å². The van der Waals surface area contributed by atoms with E-state index in [0.29, 0.717) is 29.1 Å². The Hall–Kier alpha value is -3.35. The van der Waals surface area contributed by atoms with Crippen LogP contribution in [0, 0.1) is 0 Å². The largest absolute Gasteiger partial charge is 0.454 e. The second kappa shape index (κ2) is 6.67. The standard InChI is InChI=1S/C21H21N5O2/c22-21(27)14-3-5-15(6-4-14)24-19-11-17(9-10-23-19)28-18-12-26(16-7-8-16)25-20(18)13-1-2-13/h3-6,9-13,16H,1-2,7-8H2,(H2,22,27)(H,23,24). The highest BCUT2D eigenvalue weighted by Crippen LogP contribution is 2.46. The summed E-state index contributed by atoms with van der Waals surface area (Å²) in [6, 6.07) is 11.2. The van der Waals surface area contributed by atoms with Crippen molar-refractivity contribution in [2.45, 2.75) is 37.6 Å². The van der Waals surface area contributed by atoms with Crippen LogP contribution in [0.4, 0.5) is 11.5 Å². The van der Waals surface area contributed by atoms with Crippen molar-refractivity contribution < 1.29 is 9.53 Å². The monoisotopic (exact) mass is 375 g/mol. The zero-order valence-corrected chi connectivity index (χ0v) is 15.3. The lowest BCUT2D eigenvalue weighted by Crippen LogP contribution is -2.10. The van der Waals surface area contributed by atoms with Gasteiger partial charge in [0.05, 0.1) is 12.2 Å². The number of carbonyl (C=O) groups is 1. The first kappa shape index (κ1) is 16.8. The summed E-state index contributed by atoms with van der Waals surface area (Å²) in [6.07, 6.45) is 8.50. The zero-order valence-electron chi connectivity index (χ0n) is 15.3. The van der Waals surface area contributed by atoms with Crippen molar-refractivity contribution in [3.8, 4) is 11.5 Å². The molecule has 1 amide bonds. The van der Waals surface area contributed by atoms with Gasteiger partial charge in [0.25, 0.3) is 0 Å². The molecule has 0 unspecified atom stereocenters. The number of nitrogens with two attached hydrogens (primary N) is 1. The third kappa shape index (κ3) is 3.55. The fraction of sp³-hybridized carbons (Fsp3) is 0.286. The van der Waals surface area contributed by atoms with Crippen LogP contribution in [0.1, 0.15) is 53.7 Å². The van der Waals surface area contributed by atoms with E-state index in [1.165, 1.54) is 25.7 Å². The fourth-order valence-electron chi connectivity index (χ4n) is 3.17. The predicted molar refractivity (Wildman–Crippen MR) is 105 cm³/mol. The van der Waals surface area contributed by atoms with Gasteiger partial charge in [-0.1, -0.05) is 0 Å². The van der Waals surface area contributed by atoms with E-state index in [4.69, 9.17) is 15.6 Å². The topological polar surface area (TPSA) is 95.1 Å². The molecule has 0 atom stereocenters. The van der Waals surface area contributed by atoms with Crippen LogP contribution in [0.15, 0.2) is 48.8 Å². The van der Waals surface area contributed by atoms with Gasteiger partial charge in [0.1, 0.15) is 17.3 Å². The van der Waals surface area contributed by atoms with Crippen LogP contribution in [0.2, 0.25) is 0 Å². The Morgan fingerprint density at radius 1 is 1.14 bits per heavy atom. The normalized spacial score (nSPS) is 16.0. The fourth-order valence-corrected chi connectivity index (χ4v) is 3.17. The molecule has 7 nitrogen and oxygen atoms in total. The van der Waals surface area contributed by atoms with E-state index in [1.54, 1.807) is 30.5 Å². The van der Waals surface area contributed by atoms with Gasteiger partial charge in [-0.25, -0.2) is 4.98 Å². The summed E-state index contributed by atoms with van der Waals surface area (Å²) < 4.78 is 8.23. The van der Waals surface area contributed by atoms with Gasteiger partial charge in [-0.3, -0.25) is 9.48 Å². The molecule has 2 aliphatic carbocycles. The van der Waals surface area contributed by atoms with E-state index in [2.05, 4.69) is 15.0 Å². The first-order valence-electron chi connectivity index (χ1n) is 9.55. The number of carbonyl (C=O) groups excluding carboxylic acids is 1. The number of anilines is 2. The first-order chi connectivity index (χ1) is 13.7. The molecule has 2 heterocycles. The molecule has 0 saturated heterocycles. The molecular formula is C21H21N5O2. The Labute approximate surface area is 162 Å². The predicted octanol–water partition coefficient (Wildman–Crippen LogP) is 4.13. The third-order valence-electron chi connectivity index (χ3n) is 5.01. The number of nitrogens with zero attached hydrogens (tertiary/aromatic N) is 3. The zero-order chi connectivity index (χ0) is 19.1. The average molecular weight is 375 g/mol. The molecule has 0 bridgehead atoms. The van der Waals surface area contributed by atoms with E-state index < -0.39 is 5.91 Å². The molecular weight excluding hydrogens is 354 g/mol. The molecule has 0 radical (unpaired) electrons. The Morgan fingerprint density at radius 3 is 2.61 bits per heavy atom. The van der Waals surface area contributed by atoms with Gasteiger partial charge < -0.3 is 15.8 Å². The summed E-state index contributed by atoms with van der Waals surface area (Å²) in [7, 11) is 0. The van der Waals surface area contributed by atoms with Crippen molar-refractivity contribution in [1.29, 1.82) is 0 Å². The van der Waals surface area contributed by atoms with Gasteiger partial charge in [-0.2, -0.15) is 5.10 Å². The van der Waals surface area contributed by atoms with Gasteiger partial charge in [-0.05, 0) is 56.0 Å². The summed E-state index contributed by atoms with van der Waals surface area (Å²) in [6.45, 7) is 0. The third-order valence-corrected chi connectivity index (χ3v) is 5.01. The summed E-state index contributed by atoms with van der Waals surface area (Å²) in [5.74, 6) is 2.30. The van der Waals surface area contributed by atoms with E-state index >= 15 is 0 Å². The highest BCUT2D eigenvalue weighted by atomic mass is 16.5. The lowest BCUT2D eigenvalue weighted by molar-refractivity contribution is 0.100. The van der Waals surface area contributed by atoms with E-state index in [9.17, 15) is 4.79 Å². The summed E-state index contributed by atoms with van der Waals surface area (Å²) in [5.41, 5.74) is 7.63. The number of hydrogen-bond donors (Lipinski definition) is 2. The quantitative estimate of drug-likeness (QED) is 0.647. The Morgan fingerprint density at radius 2 is 1.93 bits per heavy atom. The van der Waals surface area contributed by atoms with Crippen molar-refractivity contribution in [1.82, 2.24) is 14.8 Å². The van der Waals surface area contributed by atoms with E-state index in [0.717, 1.165) is 17.1 Å². The second-order valence-electron chi connectivity index (χ2n) is 7.41. The smallest absolute Gasteiger partial charge is 0.248 e. The number of ether oxygens (including phenoxy) is 1. The average Bonchev–Trinajstić information content (AvgIpc) is 3.61. The molecule has 2 aliphatic rings. The summed E-state index contributed by atoms with van der Waals surface area (Å²) in [5, 5.41) is 7.98. The van der Waals surface area contributed by atoms with Crippen molar-refractivity contribution in [3.63, 3.8) is 0 Å². The van der Waals surface area contributed by atoms with Crippen LogP contribution in [-0.2, 0) is 0 Å². The number of rotatable bonds is 7. The molecule has 28 heavy (non-hydrogen) atoms. The van der Waals surface area contributed by atoms with E-state index in [-0.39, 0.29) is 0 Å². The number of pyridine rings is 1. The Kier molecular flexibility index (Phi) is 4.00. The van der Waals surface area contributed by atoms with Crippen LogP contribution < -0.4 is 15.8 Å². The lowest BCUT2D eigenvalue weighted by Gasteiger charge is -2.09. The van der Waals surface area contributed by atoms with Crippen molar-refractivity contribution in [3.05, 3.63) is 60.0 Å². The summed E-state index contributed by atoms with van der Waals surface area (Å²) in [4.78, 5) is 15.5. The maximum absolute atomic E-state index is 11.2. The van der Waals surface area contributed by atoms with Gasteiger partial charge in [0.15, 0.2) is 5.75 Å². The SMILES string of the molecule is NC(=O)c1ccc(Nc2cc(Oc3cn(C4CC4)nc3C3CC3)ccn2)cc1. The number of primary amides is 1. The van der Waals surface area contributed by atoms with Crippen molar-refractivity contribution >= 4 is 17.4 Å². The number of benzene rings is 1. The lowest BCUT2D eigenvalue weighted by atomic mass is 10.2. The van der Waals surface area contributed by atoms with Crippen LogP contribution >= 0.6 is 0 Å². The van der Waals surface area contributed by atoms with Gasteiger partial charge >= 0.3 is 0 Å². The minimum absolute atomic E-state index is 0.446. The molecule has 2 fully saturated rings. The second-order valence-corrected chi connectivity index (χ2v) is 7.41. The van der Waals surface area contributed by atoms with Crippen LogP contribution in [0.5, 0.6) is 11.5 Å². The van der Waals surface area contributed by atoms with Crippen molar-refractivity contribution in [2.24, 2.45) is 5.73 Å². The molecule has 5 rings (SSSR count). The minimum atomic E-state index is -0.446. The maximum atomic E-state index is 11.2. The van der Waals surface area contributed by atoms with E-state index in [1.807, 2.05) is 18.3 Å². The Balaban J connectivity index is 1.34. The number of hydrogen-bond acceptors (Lipinski definition) is 5.